The monoisotopic (exact) mass is 383 g/mol. The van der Waals surface area contributed by atoms with Gasteiger partial charge in [0, 0.05) is 5.69 Å². The summed E-state index contributed by atoms with van der Waals surface area (Å²) in [6, 6.07) is 7.92. The van der Waals surface area contributed by atoms with Crippen LogP contribution in [0.15, 0.2) is 24.3 Å². The molecule has 0 radical (unpaired) electrons. The van der Waals surface area contributed by atoms with Crippen LogP contribution in [0.2, 0.25) is 0 Å². The van der Waals surface area contributed by atoms with Gasteiger partial charge in [-0.3, -0.25) is 9.59 Å². The van der Waals surface area contributed by atoms with Crippen LogP contribution in [0.4, 0.5) is 5.69 Å². The van der Waals surface area contributed by atoms with Gasteiger partial charge in [0.2, 0.25) is 0 Å². The van der Waals surface area contributed by atoms with E-state index in [1.165, 1.54) is 44.1 Å². The van der Waals surface area contributed by atoms with E-state index in [4.69, 9.17) is 4.74 Å². The second-order valence-corrected chi connectivity index (χ2v) is 9.73. The molecular formula is C24H33NO3. The number of nitrogens with one attached hydrogen (secondary N) is 1. The number of esters is 1. The maximum atomic E-state index is 12.4. The molecule has 4 bridgehead atoms. The number of rotatable bonds is 7. The predicted octanol–water partition coefficient (Wildman–Crippen LogP) is 5.29. The molecule has 1 aromatic rings. The lowest BCUT2D eigenvalue weighted by Gasteiger charge is -2.56. The predicted molar refractivity (Wildman–Crippen MR) is 110 cm³/mol. The van der Waals surface area contributed by atoms with Gasteiger partial charge in [-0.25, -0.2) is 0 Å². The molecule has 0 heterocycles. The fourth-order valence-electron chi connectivity index (χ4n) is 6.34. The Morgan fingerprint density at radius 3 is 2.18 bits per heavy atom. The molecule has 1 atom stereocenters. The Hall–Kier alpha value is -1.84. The second-order valence-electron chi connectivity index (χ2n) is 9.73. The maximum Gasteiger partial charge on any atom is 0.306 e. The molecule has 152 valence electrons. The molecule has 5 rings (SSSR count). The zero-order chi connectivity index (χ0) is 19.7. The van der Waals surface area contributed by atoms with Gasteiger partial charge in [-0.15, -0.1) is 0 Å². The third kappa shape index (κ3) is 4.26. The first-order valence-electron chi connectivity index (χ1n) is 11.0. The fourth-order valence-corrected chi connectivity index (χ4v) is 6.34. The van der Waals surface area contributed by atoms with Crippen molar-refractivity contribution in [2.24, 2.45) is 23.2 Å². The molecule has 1 aromatic carbocycles. The minimum Gasteiger partial charge on any atom is -0.456 e. The van der Waals surface area contributed by atoms with Crippen LogP contribution in [-0.4, -0.2) is 18.5 Å². The van der Waals surface area contributed by atoms with E-state index in [0.29, 0.717) is 12.3 Å². The molecule has 0 unspecified atom stereocenters. The number of amides is 1. The minimum absolute atomic E-state index is 0.161. The average molecular weight is 384 g/mol. The third-order valence-corrected chi connectivity index (χ3v) is 7.42. The van der Waals surface area contributed by atoms with Crippen molar-refractivity contribution < 1.29 is 14.3 Å². The summed E-state index contributed by atoms with van der Waals surface area (Å²) in [4.78, 5) is 24.6. The van der Waals surface area contributed by atoms with Crippen molar-refractivity contribution in [2.45, 2.75) is 71.1 Å². The third-order valence-electron chi connectivity index (χ3n) is 7.42. The smallest absolute Gasteiger partial charge is 0.306 e. The van der Waals surface area contributed by atoms with Crippen LogP contribution in [0.1, 0.15) is 76.7 Å². The van der Waals surface area contributed by atoms with E-state index < -0.39 is 0 Å². The van der Waals surface area contributed by atoms with Crippen molar-refractivity contribution >= 4 is 17.6 Å². The Labute approximate surface area is 168 Å². The zero-order valence-corrected chi connectivity index (χ0v) is 17.2. The Kier molecular flexibility index (Phi) is 5.48. The Morgan fingerprint density at radius 1 is 1.07 bits per heavy atom. The topological polar surface area (TPSA) is 55.4 Å². The molecule has 0 aromatic heterocycles. The zero-order valence-electron chi connectivity index (χ0n) is 17.2. The summed E-state index contributed by atoms with van der Waals surface area (Å²) in [5.74, 6) is 2.50. The minimum atomic E-state index is -0.268. The standard InChI is InChI=1S/C24H33NO3/c1-3-16(2)20-4-6-21(7-5-20)25-22(26)15-28-23(27)14-24-11-17-8-18(12-24)10-19(9-17)13-24/h4-7,16-19H,3,8-15H2,1-2H3,(H,25,26)/t16-,17?,18?,19?,24?/m0/s1. The Balaban J connectivity index is 1.24. The van der Waals surface area contributed by atoms with Gasteiger partial charge in [-0.05, 0) is 91.7 Å². The van der Waals surface area contributed by atoms with Crippen LogP contribution in [0, 0.1) is 23.2 Å². The first-order chi connectivity index (χ1) is 13.4. The van der Waals surface area contributed by atoms with Crippen molar-refractivity contribution in [3.63, 3.8) is 0 Å². The number of carbonyl (C=O) groups is 2. The van der Waals surface area contributed by atoms with Gasteiger partial charge in [-0.2, -0.15) is 0 Å². The molecule has 0 aliphatic heterocycles. The number of hydrogen-bond donors (Lipinski definition) is 1. The summed E-state index contributed by atoms with van der Waals surface area (Å²) in [6.07, 6.45) is 9.23. The molecule has 0 saturated heterocycles. The lowest BCUT2D eigenvalue weighted by Crippen LogP contribution is -2.47. The molecule has 4 aliphatic carbocycles. The lowest BCUT2D eigenvalue weighted by atomic mass is 9.49. The summed E-state index contributed by atoms with van der Waals surface area (Å²) in [7, 11) is 0. The molecule has 4 aliphatic rings. The van der Waals surface area contributed by atoms with Gasteiger partial charge in [0.25, 0.3) is 5.91 Å². The Bertz CT molecular complexity index is 689. The summed E-state index contributed by atoms with van der Waals surface area (Å²) in [5.41, 5.74) is 2.17. The number of anilines is 1. The van der Waals surface area contributed by atoms with Gasteiger partial charge in [-0.1, -0.05) is 26.0 Å². The summed E-state index contributed by atoms with van der Waals surface area (Å²) >= 11 is 0. The first kappa shape index (κ1) is 19.5. The van der Waals surface area contributed by atoms with Crippen molar-refractivity contribution in [2.75, 3.05) is 11.9 Å². The van der Waals surface area contributed by atoms with Crippen molar-refractivity contribution in [1.82, 2.24) is 0 Å². The number of hydrogen-bond acceptors (Lipinski definition) is 3. The number of benzene rings is 1. The van der Waals surface area contributed by atoms with E-state index >= 15 is 0 Å². The first-order valence-corrected chi connectivity index (χ1v) is 11.0. The normalized spacial score (nSPS) is 31.4. The Morgan fingerprint density at radius 2 is 1.64 bits per heavy atom. The quantitative estimate of drug-likeness (QED) is 0.651. The average Bonchev–Trinajstić information content (AvgIpc) is 2.65. The molecule has 1 amide bonds. The highest BCUT2D eigenvalue weighted by Crippen LogP contribution is 2.61. The van der Waals surface area contributed by atoms with E-state index in [2.05, 4.69) is 19.2 Å². The molecule has 1 N–H and O–H groups in total. The van der Waals surface area contributed by atoms with Crippen LogP contribution >= 0.6 is 0 Å². The van der Waals surface area contributed by atoms with Gasteiger partial charge in [0.05, 0.1) is 6.42 Å². The van der Waals surface area contributed by atoms with Crippen LogP contribution in [-0.2, 0) is 14.3 Å². The van der Waals surface area contributed by atoms with E-state index in [1.54, 1.807) is 0 Å². The summed E-state index contributed by atoms with van der Waals surface area (Å²) in [6.45, 7) is 4.16. The van der Waals surface area contributed by atoms with Crippen molar-refractivity contribution in [3.8, 4) is 0 Å². The van der Waals surface area contributed by atoms with Gasteiger partial charge >= 0.3 is 5.97 Å². The summed E-state index contributed by atoms with van der Waals surface area (Å²) in [5, 5.41) is 2.82. The molecule has 4 saturated carbocycles. The highest BCUT2D eigenvalue weighted by molar-refractivity contribution is 5.92. The van der Waals surface area contributed by atoms with Crippen molar-refractivity contribution in [1.29, 1.82) is 0 Å². The highest BCUT2D eigenvalue weighted by atomic mass is 16.5. The van der Waals surface area contributed by atoms with E-state index in [-0.39, 0.29) is 23.9 Å². The lowest BCUT2D eigenvalue weighted by molar-refractivity contribution is -0.154. The molecular weight excluding hydrogens is 350 g/mol. The molecule has 4 nitrogen and oxygen atoms in total. The highest BCUT2D eigenvalue weighted by Gasteiger charge is 2.51. The molecule has 0 spiro atoms. The molecule has 4 fully saturated rings. The molecule has 4 heteroatoms. The molecule has 28 heavy (non-hydrogen) atoms. The van der Waals surface area contributed by atoms with E-state index in [0.717, 1.165) is 29.9 Å². The van der Waals surface area contributed by atoms with Crippen LogP contribution < -0.4 is 5.32 Å². The van der Waals surface area contributed by atoms with Crippen LogP contribution in [0.25, 0.3) is 0 Å². The fraction of sp³-hybridized carbons (Fsp3) is 0.667. The van der Waals surface area contributed by atoms with Gasteiger partial charge in [0.1, 0.15) is 0 Å². The number of carbonyl (C=O) groups excluding carboxylic acids is 2. The van der Waals surface area contributed by atoms with Crippen molar-refractivity contribution in [3.05, 3.63) is 29.8 Å². The van der Waals surface area contributed by atoms with Gasteiger partial charge < -0.3 is 10.1 Å². The van der Waals surface area contributed by atoms with Crippen LogP contribution in [0.5, 0.6) is 0 Å². The maximum absolute atomic E-state index is 12.4. The summed E-state index contributed by atoms with van der Waals surface area (Å²) < 4.78 is 5.34. The number of ether oxygens (including phenoxy) is 1. The van der Waals surface area contributed by atoms with Crippen LogP contribution in [0.3, 0.4) is 0 Å². The largest absolute Gasteiger partial charge is 0.456 e. The van der Waals surface area contributed by atoms with E-state index in [9.17, 15) is 9.59 Å². The SMILES string of the molecule is CC[C@H](C)c1ccc(NC(=O)COC(=O)CC23CC4CC(CC(C4)C2)C3)cc1. The second kappa shape index (κ2) is 7.88. The van der Waals surface area contributed by atoms with E-state index in [1.807, 2.05) is 24.3 Å². The van der Waals surface area contributed by atoms with Gasteiger partial charge in [0.15, 0.2) is 6.61 Å².